The van der Waals surface area contributed by atoms with E-state index >= 15 is 0 Å². The van der Waals surface area contributed by atoms with Crippen molar-refractivity contribution in [1.29, 1.82) is 5.26 Å². The van der Waals surface area contributed by atoms with Gasteiger partial charge in [-0.25, -0.2) is 4.68 Å². The van der Waals surface area contributed by atoms with Gasteiger partial charge in [0, 0.05) is 11.3 Å². The van der Waals surface area contributed by atoms with Crippen LogP contribution in [-0.4, -0.2) is 26.1 Å². The third-order valence-corrected chi connectivity index (χ3v) is 4.87. The first kappa shape index (κ1) is 14.8. The zero-order valence-corrected chi connectivity index (χ0v) is 13.3. The largest absolute Gasteiger partial charge is 0.325 e. The number of rotatable bonds is 4. The van der Waals surface area contributed by atoms with Gasteiger partial charge in [-0.05, 0) is 48.2 Å². The second-order valence-electron chi connectivity index (χ2n) is 6.61. The lowest BCUT2D eigenvalue weighted by Crippen LogP contribution is -2.32. The monoisotopic (exact) mass is 322 g/mol. The molecule has 2 aromatic rings. The van der Waals surface area contributed by atoms with Gasteiger partial charge in [0.2, 0.25) is 5.91 Å². The fourth-order valence-electron chi connectivity index (χ4n) is 3.30. The van der Waals surface area contributed by atoms with Crippen molar-refractivity contribution < 1.29 is 4.79 Å². The van der Waals surface area contributed by atoms with Gasteiger partial charge in [0.25, 0.3) is 0 Å². The maximum atomic E-state index is 12.6. The number of benzene rings is 1. The summed E-state index contributed by atoms with van der Waals surface area (Å²) in [6.07, 6.45) is 5.32. The van der Waals surface area contributed by atoms with Gasteiger partial charge in [-0.15, -0.1) is 5.10 Å². The van der Waals surface area contributed by atoms with Gasteiger partial charge in [-0.2, -0.15) is 5.26 Å². The number of tetrazole rings is 1. The molecule has 1 aromatic heterocycles. The summed E-state index contributed by atoms with van der Waals surface area (Å²) in [7, 11) is 0. The first-order chi connectivity index (χ1) is 11.7. The summed E-state index contributed by atoms with van der Waals surface area (Å²) in [5.41, 5.74) is 0.650. The van der Waals surface area contributed by atoms with Crippen LogP contribution in [0, 0.1) is 16.7 Å². The van der Waals surface area contributed by atoms with Crippen molar-refractivity contribution in [3.05, 3.63) is 24.3 Å². The molecule has 122 valence electrons. The Kier molecular flexibility index (Phi) is 3.53. The van der Waals surface area contributed by atoms with Crippen LogP contribution in [0.5, 0.6) is 0 Å². The number of carbonyl (C=O) groups excluding carboxylic acids is 1. The molecule has 0 saturated heterocycles. The Labute approximate surface area is 139 Å². The lowest BCUT2D eigenvalue weighted by atomic mass is 9.87. The van der Waals surface area contributed by atoms with E-state index in [-0.39, 0.29) is 5.91 Å². The summed E-state index contributed by atoms with van der Waals surface area (Å²) in [6, 6.07) is 10.1. The zero-order valence-electron chi connectivity index (χ0n) is 13.3. The lowest BCUT2D eigenvalue weighted by Gasteiger charge is -2.19. The summed E-state index contributed by atoms with van der Waals surface area (Å²) in [5.74, 6) is 0.505. The Hall–Kier alpha value is -2.75. The molecule has 2 saturated carbocycles. The van der Waals surface area contributed by atoms with Gasteiger partial charge in [0.05, 0.1) is 12.1 Å². The normalized spacial score (nSPS) is 19.0. The average molecular weight is 322 g/mol. The molecule has 2 fully saturated rings. The van der Waals surface area contributed by atoms with E-state index in [1.165, 1.54) is 0 Å². The molecule has 7 heteroatoms. The van der Waals surface area contributed by atoms with E-state index in [1.807, 2.05) is 28.9 Å². The standard InChI is InChI=1S/C17H18N6O/c18-11-17(8-1-2-9-17)16(24)19-13-5-3-4-12(10-13)15-20-21-22-23(15)14-6-7-14/h3-5,10,14H,1-2,6-9H2,(H,19,24). The smallest absolute Gasteiger partial charge is 0.244 e. The van der Waals surface area contributed by atoms with Crippen LogP contribution >= 0.6 is 0 Å². The van der Waals surface area contributed by atoms with E-state index in [4.69, 9.17) is 0 Å². The molecule has 1 N–H and O–H groups in total. The van der Waals surface area contributed by atoms with Gasteiger partial charge in [-0.1, -0.05) is 25.0 Å². The molecular weight excluding hydrogens is 304 g/mol. The molecule has 0 unspecified atom stereocenters. The van der Waals surface area contributed by atoms with Crippen molar-refractivity contribution in [1.82, 2.24) is 20.2 Å². The van der Waals surface area contributed by atoms with Crippen LogP contribution in [0.2, 0.25) is 0 Å². The van der Waals surface area contributed by atoms with E-state index < -0.39 is 5.41 Å². The Morgan fingerprint density at radius 1 is 1.33 bits per heavy atom. The van der Waals surface area contributed by atoms with E-state index in [2.05, 4.69) is 26.9 Å². The van der Waals surface area contributed by atoms with E-state index in [0.717, 1.165) is 31.2 Å². The number of anilines is 1. The number of nitrogens with one attached hydrogen (secondary N) is 1. The van der Waals surface area contributed by atoms with E-state index in [9.17, 15) is 10.1 Å². The van der Waals surface area contributed by atoms with Crippen molar-refractivity contribution in [3.8, 4) is 17.5 Å². The molecule has 2 aliphatic rings. The van der Waals surface area contributed by atoms with Gasteiger partial charge in [0.1, 0.15) is 5.41 Å². The summed E-state index contributed by atoms with van der Waals surface area (Å²) < 4.78 is 1.84. The SMILES string of the molecule is N#CC1(C(=O)Nc2cccc(-c3nnnn3C3CC3)c2)CCCC1. The Bertz CT molecular complexity index is 810. The van der Waals surface area contributed by atoms with Gasteiger partial charge in [-0.3, -0.25) is 4.79 Å². The van der Waals surface area contributed by atoms with Crippen LogP contribution in [0.25, 0.3) is 11.4 Å². The molecular formula is C17H18N6O. The van der Waals surface area contributed by atoms with Crippen LogP contribution < -0.4 is 5.32 Å². The number of nitrogens with zero attached hydrogens (tertiary/aromatic N) is 5. The fourth-order valence-corrected chi connectivity index (χ4v) is 3.30. The quantitative estimate of drug-likeness (QED) is 0.933. The Balaban J connectivity index is 1.58. The highest BCUT2D eigenvalue weighted by Gasteiger charge is 2.41. The Morgan fingerprint density at radius 3 is 2.83 bits per heavy atom. The van der Waals surface area contributed by atoms with Gasteiger partial charge in [0.15, 0.2) is 5.82 Å². The second-order valence-corrected chi connectivity index (χ2v) is 6.61. The topological polar surface area (TPSA) is 96.5 Å². The maximum absolute atomic E-state index is 12.6. The highest BCUT2D eigenvalue weighted by Crippen LogP contribution is 2.39. The molecule has 0 spiro atoms. The average Bonchev–Trinajstić information content (AvgIpc) is 3.14. The van der Waals surface area contributed by atoms with E-state index in [1.54, 1.807) is 0 Å². The van der Waals surface area contributed by atoms with Gasteiger partial charge >= 0.3 is 0 Å². The number of hydrogen-bond acceptors (Lipinski definition) is 5. The first-order valence-electron chi connectivity index (χ1n) is 8.33. The molecule has 0 aliphatic heterocycles. The van der Waals surface area contributed by atoms with Crippen molar-refractivity contribution in [2.24, 2.45) is 5.41 Å². The van der Waals surface area contributed by atoms with Crippen LogP contribution in [0.4, 0.5) is 5.69 Å². The number of nitriles is 1. The summed E-state index contributed by atoms with van der Waals surface area (Å²) >= 11 is 0. The third kappa shape index (κ3) is 2.54. The summed E-state index contributed by atoms with van der Waals surface area (Å²) in [6.45, 7) is 0. The number of amides is 1. The number of carbonyl (C=O) groups is 1. The van der Waals surface area contributed by atoms with Crippen LogP contribution in [0.1, 0.15) is 44.6 Å². The van der Waals surface area contributed by atoms with Crippen LogP contribution in [0.15, 0.2) is 24.3 Å². The van der Waals surface area contributed by atoms with Crippen molar-refractivity contribution in [3.63, 3.8) is 0 Å². The molecule has 24 heavy (non-hydrogen) atoms. The molecule has 2 aliphatic carbocycles. The molecule has 7 nitrogen and oxygen atoms in total. The van der Waals surface area contributed by atoms with E-state index in [0.29, 0.717) is 30.4 Å². The molecule has 1 aromatic carbocycles. The molecule has 1 amide bonds. The predicted octanol–water partition coefficient (Wildman–Crippen LogP) is 2.70. The zero-order chi connectivity index (χ0) is 16.6. The summed E-state index contributed by atoms with van der Waals surface area (Å²) in [4.78, 5) is 12.6. The molecule has 0 bridgehead atoms. The molecule has 4 rings (SSSR count). The second kappa shape index (κ2) is 5.71. The van der Waals surface area contributed by atoms with Gasteiger partial charge < -0.3 is 5.32 Å². The first-order valence-corrected chi connectivity index (χ1v) is 8.33. The minimum absolute atomic E-state index is 0.207. The van der Waals surface area contributed by atoms with Crippen molar-refractivity contribution in [2.75, 3.05) is 5.32 Å². The summed E-state index contributed by atoms with van der Waals surface area (Å²) in [5, 5.41) is 24.3. The maximum Gasteiger partial charge on any atom is 0.244 e. The minimum Gasteiger partial charge on any atom is -0.325 e. The fraction of sp³-hybridized carbons (Fsp3) is 0.471. The van der Waals surface area contributed by atoms with Crippen molar-refractivity contribution >= 4 is 11.6 Å². The van der Waals surface area contributed by atoms with Crippen molar-refractivity contribution in [2.45, 2.75) is 44.6 Å². The molecule has 0 atom stereocenters. The van der Waals surface area contributed by atoms with Crippen LogP contribution in [0.3, 0.4) is 0 Å². The third-order valence-electron chi connectivity index (χ3n) is 4.87. The van der Waals surface area contributed by atoms with Crippen LogP contribution in [-0.2, 0) is 4.79 Å². The Morgan fingerprint density at radius 2 is 2.12 bits per heavy atom. The highest BCUT2D eigenvalue weighted by atomic mass is 16.2. The predicted molar refractivity (Wildman–Crippen MR) is 86.7 cm³/mol. The number of aromatic nitrogens is 4. The molecule has 1 heterocycles. The highest BCUT2D eigenvalue weighted by molar-refractivity contribution is 5.97. The lowest BCUT2D eigenvalue weighted by molar-refractivity contribution is -0.122. The number of hydrogen-bond donors (Lipinski definition) is 1. The molecule has 0 radical (unpaired) electrons. The minimum atomic E-state index is -0.883.